The third-order valence-electron chi connectivity index (χ3n) is 3.99. The third-order valence-corrected chi connectivity index (χ3v) is 3.99. The molecule has 0 aliphatic rings. The van der Waals surface area contributed by atoms with E-state index in [1.165, 1.54) is 24.0 Å². The topological polar surface area (TPSA) is 39.7 Å². The molecule has 1 aromatic rings. The van der Waals surface area contributed by atoms with Crippen molar-refractivity contribution in [3.8, 4) is 0 Å². The van der Waals surface area contributed by atoms with E-state index in [2.05, 4.69) is 72.7 Å². The molecule has 132 valence electrons. The van der Waals surface area contributed by atoms with Crippen molar-refractivity contribution < 1.29 is 0 Å². The lowest BCUT2D eigenvalue weighted by molar-refractivity contribution is 0.400. The largest absolute Gasteiger partial charge is 0.356 e. The Balaban J connectivity index is 0.00000484. The van der Waals surface area contributed by atoms with Gasteiger partial charge in [0.1, 0.15) is 0 Å². The van der Waals surface area contributed by atoms with Crippen LogP contribution in [0.4, 0.5) is 0 Å². The summed E-state index contributed by atoms with van der Waals surface area (Å²) in [7, 11) is 6.02. The average Bonchev–Trinajstić information content (AvgIpc) is 2.52. The van der Waals surface area contributed by atoms with E-state index in [9.17, 15) is 0 Å². The normalized spacial score (nSPS) is 11.5. The maximum Gasteiger partial charge on any atom is 0.191 e. The van der Waals surface area contributed by atoms with E-state index < -0.39 is 0 Å². The molecule has 2 N–H and O–H groups in total. The summed E-state index contributed by atoms with van der Waals surface area (Å²) in [5.74, 6) is 1.59. The van der Waals surface area contributed by atoms with Gasteiger partial charge in [-0.1, -0.05) is 51.0 Å². The maximum atomic E-state index is 4.32. The van der Waals surface area contributed by atoms with Gasteiger partial charge in [0.15, 0.2) is 5.96 Å². The van der Waals surface area contributed by atoms with Crippen molar-refractivity contribution in [2.75, 3.05) is 27.7 Å². The zero-order chi connectivity index (χ0) is 16.4. The second-order valence-corrected chi connectivity index (χ2v) is 6.00. The van der Waals surface area contributed by atoms with Gasteiger partial charge in [-0.15, -0.1) is 24.0 Å². The Bertz CT molecular complexity index is 456. The molecule has 1 rings (SSSR count). The second-order valence-electron chi connectivity index (χ2n) is 6.00. The van der Waals surface area contributed by atoms with Crippen LogP contribution in [-0.4, -0.2) is 38.5 Å². The SMILES string of the molecule is CCC(CC)CNC(=NC)NCc1ccccc1CN(C)C.I. The van der Waals surface area contributed by atoms with E-state index in [1.54, 1.807) is 0 Å². The molecular weight excluding hydrogens is 399 g/mol. The van der Waals surface area contributed by atoms with E-state index in [1.807, 2.05) is 7.05 Å². The number of hydrogen-bond donors (Lipinski definition) is 2. The molecule has 0 heterocycles. The monoisotopic (exact) mass is 432 g/mol. The molecular formula is C18H33IN4. The van der Waals surface area contributed by atoms with Crippen LogP contribution in [0.5, 0.6) is 0 Å². The van der Waals surface area contributed by atoms with Gasteiger partial charge >= 0.3 is 0 Å². The molecule has 0 bridgehead atoms. The molecule has 0 atom stereocenters. The lowest BCUT2D eigenvalue weighted by Crippen LogP contribution is -2.39. The van der Waals surface area contributed by atoms with E-state index >= 15 is 0 Å². The molecule has 5 heteroatoms. The van der Waals surface area contributed by atoms with Crippen LogP contribution < -0.4 is 10.6 Å². The standard InChI is InChI=1S/C18H32N4.HI/c1-6-15(7-2)12-20-18(19-3)21-13-16-10-8-9-11-17(16)14-22(4)5;/h8-11,15H,6-7,12-14H2,1-5H3,(H2,19,20,21);1H. The number of nitrogens with zero attached hydrogens (tertiary/aromatic N) is 2. The van der Waals surface area contributed by atoms with Crippen LogP contribution in [-0.2, 0) is 13.1 Å². The van der Waals surface area contributed by atoms with Crippen LogP contribution in [0.15, 0.2) is 29.3 Å². The van der Waals surface area contributed by atoms with Crippen molar-refractivity contribution in [1.29, 1.82) is 0 Å². The Morgan fingerprint density at radius 1 is 1.09 bits per heavy atom. The van der Waals surface area contributed by atoms with Crippen molar-refractivity contribution >= 4 is 29.9 Å². The Hall–Kier alpha value is -0.820. The average molecular weight is 432 g/mol. The van der Waals surface area contributed by atoms with Crippen LogP contribution in [0.1, 0.15) is 37.8 Å². The molecule has 0 fully saturated rings. The van der Waals surface area contributed by atoms with Crippen molar-refractivity contribution in [3.05, 3.63) is 35.4 Å². The fraction of sp³-hybridized carbons (Fsp3) is 0.611. The van der Waals surface area contributed by atoms with Crippen LogP contribution in [0.2, 0.25) is 0 Å². The molecule has 4 nitrogen and oxygen atoms in total. The highest BCUT2D eigenvalue weighted by Crippen LogP contribution is 2.10. The fourth-order valence-electron chi connectivity index (χ4n) is 2.44. The number of hydrogen-bond acceptors (Lipinski definition) is 2. The Morgan fingerprint density at radius 3 is 2.22 bits per heavy atom. The van der Waals surface area contributed by atoms with Crippen molar-refractivity contribution in [1.82, 2.24) is 15.5 Å². The zero-order valence-corrected chi connectivity index (χ0v) is 17.6. The summed E-state index contributed by atoms with van der Waals surface area (Å²) in [6.45, 7) is 7.21. The minimum Gasteiger partial charge on any atom is -0.356 e. The Morgan fingerprint density at radius 2 is 1.70 bits per heavy atom. The summed E-state index contributed by atoms with van der Waals surface area (Å²) >= 11 is 0. The fourth-order valence-corrected chi connectivity index (χ4v) is 2.44. The van der Waals surface area contributed by atoms with Gasteiger partial charge in [0.25, 0.3) is 0 Å². The smallest absolute Gasteiger partial charge is 0.191 e. The summed E-state index contributed by atoms with van der Waals surface area (Å²) in [5, 5.41) is 6.85. The molecule has 23 heavy (non-hydrogen) atoms. The van der Waals surface area contributed by atoms with Crippen molar-refractivity contribution in [3.63, 3.8) is 0 Å². The van der Waals surface area contributed by atoms with Gasteiger partial charge in [-0.3, -0.25) is 4.99 Å². The molecule has 0 aliphatic carbocycles. The van der Waals surface area contributed by atoms with Gasteiger partial charge in [0, 0.05) is 26.7 Å². The number of guanidine groups is 1. The number of benzene rings is 1. The van der Waals surface area contributed by atoms with E-state index in [4.69, 9.17) is 0 Å². The number of nitrogens with one attached hydrogen (secondary N) is 2. The van der Waals surface area contributed by atoms with Gasteiger partial charge in [-0.05, 0) is 31.1 Å². The summed E-state index contributed by atoms with van der Waals surface area (Å²) in [4.78, 5) is 6.51. The Kier molecular flexibility index (Phi) is 12.1. The van der Waals surface area contributed by atoms with Crippen LogP contribution in [0, 0.1) is 5.92 Å². The van der Waals surface area contributed by atoms with E-state index in [0.717, 1.165) is 25.6 Å². The molecule has 1 aromatic carbocycles. The van der Waals surface area contributed by atoms with Gasteiger partial charge in [0.2, 0.25) is 0 Å². The number of rotatable bonds is 8. The van der Waals surface area contributed by atoms with Crippen molar-refractivity contribution in [2.24, 2.45) is 10.9 Å². The molecule has 0 spiro atoms. The first-order chi connectivity index (χ1) is 10.6. The third kappa shape index (κ3) is 8.55. The predicted octanol–water partition coefficient (Wildman–Crippen LogP) is 3.47. The Labute approximate surface area is 159 Å². The highest BCUT2D eigenvalue weighted by atomic mass is 127. The van der Waals surface area contributed by atoms with Crippen LogP contribution in [0.3, 0.4) is 0 Å². The highest BCUT2D eigenvalue weighted by molar-refractivity contribution is 14.0. The van der Waals surface area contributed by atoms with Crippen LogP contribution >= 0.6 is 24.0 Å². The summed E-state index contributed by atoms with van der Waals surface area (Å²) < 4.78 is 0. The summed E-state index contributed by atoms with van der Waals surface area (Å²) in [6.07, 6.45) is 2.40. The predicted molar refractivity (Wildman–Crippen MR) is 112 cm³/mol. The quantitative estimate of drug-likeness (QED) is 0.376. The molecule has 0 saturated heterocycles. The van der Waals surface area contributed by atoms with Gasteiger partial charge < -0.3 is 15.5 Å². The first-order valence-electron chi connectivity index (χ1n) is 8.26. The number of halogens is 1. The summed E-state index contributed by atoms with van der Waals surface area (Å²) in [5.41, 5.74) is 2.68. The van der Waals surface area contributed by atoms with Gasteiger partial charge in [-0.2, -0.15) is 0 Å². The zero-order valence-electron chi connectivity index (χ0n) is 15.2. The van der Waals surface area contributed by atoms with Crippen LogP contribution in [0.25, 0.3) is 0 Å². The molecule has 0 unspecified atom stereocenters. The molecule has 0 aromatic heterocycles. The number of aliphatic imine (C=N–C) groups is 1. The minimum absolute atomic E-state index is 0. The van der Waals surface area contributed by atoms with Gasteiger partial charge in [-0.25, -0.2) is 0 Å². The first kappa shape index (κ1) is 22.2. The first-order valence-corrected chi connectivity index (χ1v) is 8.26. The van der Waals surface area contributed by atoms with Gasteiger partial charge in [0.05, 0.1) is 0 Å². The molecule has 0 amide bonds. The lowest BCUT2D eigenvalue weighted by atomic mass is 10.0. The van der Waals surface area contributed by atoms with E-state index in [-0.39, 0.29) is 24.0 Å². The molecule has 0 radical (unpaired) electrons. The second kappa shape index (κ2) is 12.6. The highest BCUT2D eigenvalue weighted by Gasteiger charge is 2.06. The van der Waals surface area contributed by atoms with Crippen molar-refractivity contribution in [2.45, 2.75) is 39.8 Å². The van der Waals surface area contributed by atoms with E-state index in [0.29, 0.717) is 5.92 Å². The minimum atomic E-state index is 0. The maximum absolute atomic E-state index is 4.32. The molecule has 0 saturated carbocycles. The molecule has 0 aliphatic heterocycles. The lowest BCUT2D eigenvalue weighted by Gasteiger charge is -2.18. The summed E-state index contributed by atoms with van der Waals surface area (Å²) in [6, 6.07) is 8.57.